The zero-order chi connectivity index (χ0) is 21.3. The molecule has 0 heterocycles. The highest BCUT2D eigenvalue weighted by Gasteiger charge is 2.05. The van der Waals surface area contributed by atoms with Crippen molar-refractivity contribution >= 4 is 23.5 Å². The van der Waals surface area contributed by atoms with Gasteiger partial charge >= 0.3 is 0 Å². The molecule has 0 aliphatic rings. The number of hydrazone groups is 1. The SMILES string of the molecule is Cc1ccc(OCC(=O)NN=Cc2cc(N=Nc3ccccc3)ccc2O)c(C)c1. The fourth-order valence-corrected chi connectivity index (χ4v) is 2.63. The van der Waals surface area contributed by atoms with E-state index < -0.39 is 5.91 Å². The Labute approximate surface area is 174 Å². The van der Waals surface area contributed by atoms with Crippen LogP contribution in [0, 0.1) is 13.8 Å². The zero-order valence-electron chi connectivity index (χ0n) is 16.7. The molecule has 0 aliphatic heterocycles. The summed E-state index contributed by atoms with van der Waals surface area (Å²) in [5.74, 6) is 0.248. The van der Waals surface area contributed by atoms with Crippen molar-refractivity contribution in [3.63, 3.8) is 0 Å². The molecular formula is C23H22N4O3. The van der Waals surface area contributed by atoms with Crippen LogP contribution in [0.25, 0.3) is 0 Å². The maximum absolute atomic E-state index is 12.0. The van der Waals surface area contributed by atoms with Crippen LogP contribution in [0.4, 0.5) is 11.4 Å². The number of amides is 1. The van der Waals surface area contributed by atoms with Gasteiger partial charge in [-0.2, -0.15) is 15.3 Å². The highest BCUT2D eigenvalue weighted by molar-refractivity contribution is 5.86. The van der Waals surface area contributed by atoms with Crippen LogP contribution in [0.3, 0.4) is 0 Å². The number of aryl methyl sites for hydroxylation is 2. The van der Waals surface area contributed by atoms with Crippen molar-refractivity contribution in [3.8, 4) is 11.5 Å². The normalized spacial score (nSPS) is 11.1. The number of carbonyl (C=O) groups is 1. The highest BCUT2D eigenvalue weighted by atomic mass is 16.5. The van der Waals surface area contributed by atoms with Gasteiger partial charge < -0.3 is 9.84 Å². The minimum Gasteiger partial charge on any atom is -0.507 e. The lowest BCUT2D eigenvalue weighted by Gasteiger charge is -2.08. The molecule has 0 atom stereocenters. The van der Waals surface area contributed by atoms with Crippen molar-refractivity contribution < 1.29 is 14.6 Å². The van der Waals surface area contributed by atoms with Crippen LogP contribution in [0.15, 0.2) is 82.1 Å². The molecule has 152 valence electrons. The van der Waals surface area contributed by atoms with E-state index in [9.17, 15) is 9.90 Å². The lowest BCUT2D eigenvalue weighted by molar-refractivity contribution is -0.123. The van der Waals surface area contributed by atoms with Crippen LogP contribution in [-0.4, -0.2) is 23.8 Å². The average molecular weight is 402 g/mol. The predicted octanol–water partition coefficient (Wildman–Crippen LogP) is 4.95. The molecule has 7 heteroatoms. The summed E-state index contributed by atoms with van der Waals surface area (Å²) in [6.45, 7) is 3.74. The lowest BCUT2D eigenvalue weighted by Crippen LogP contribution is -2.24. The van der Waals surface area contributed by atoms with E-state index in [0.717, 1.165) is 16.8 Å². The number of rotatable bonds is 7. The number of hydrogen-bond donors (Lipinski definition) is 2. The number of aromatic hydroxyl groups is 1. The molecule has 2 N–H and O–H groups in total. The number of phenols is 1. The first-order valence-corrected chi connectivity index (χ1v) is 9.33. The summed E-state index contributed by atoms with van der Waals surface area (Å²) in [7, 11) is 0. The second kappa shape index (κ2) is 9.97. The van der Waals surface area contributed by atoms with Gasteiger partial charge in [0.25, 0.3) is 5.91 Å². The van der Waals surface area contributed by atoms with Crippen molar-refractivity contribution in [1.29, 1.82) is 0 Å². The minimum atomic E-state index is -0.411. The summed E-state index contributed by atoms with van der Waals surface area (Å²) in [4.78, 5) is 12.0. The summed E-state index contributed by atoms with van der Waals surface area (Å²) >= 11 is 0. The van der Waals surface area contributed by atoms with E-state index in [1.807, 2.05) is 62.4 Å². The van der Waals surface area contributed by atoms with Gasteiger partial charge in [0.1, 0.15) is 11.5 Å². The number of phenolic OH excluding ortho intramolecular Hbond substituents is 1. The van der Waals surface area contributed by atoms with E-state index in [0.29, 0.717) is 17.0 Å². The number of ether oxygens (including phenoxy) is 1. The molecular weight excluding hydrogens is 380 g/mol. The fraction of sp³-hybridized carbons (Fsp3) is 0.130. The molecule has 30 heavy (non-hydrogen) atoms. The molecule has 0 bridgehead atoms. The molecule has 7 nitrogen and oxygen atoms in total. The number of benzene rings is 3. The summed E-state index contributed by atoms with van der Waals surface area (Å²) in [5, 5.41) is 22.1. The number of nitrogens with zero attached hydrogens (tertiary/aromatic N) is 3. The van der Waals surface area contributed by atoms with Crippen LogP contribution >= 0.6 is 0 Å². The van der Waals surface area contributed by atoms with E-state index in [1.165, 1.54) is 12.3 Å². The first-order chi connectivity index (χ1) is 14.5. The number of nitrogens with one attached hydrogen (secondary N) is 1. The van der Waals surface area contributed by atoms with E-state index in [2.05, 4.69) is 20.8 Å². The van der Waals surface area contributed by atoms with E-state index >= 15 is 0 Å². The van der Waals surface area contributed by atoms with E-state index in [1.54, 1.807) is 12.1 Å². The van der Waals surface area contributed by atoms with E-state index in [4.69, 9.17) is 4.74 Å². The number of hydrogen-bond acceptors (Lipinski definition) is 6. The maximum Gasteiger partial charge on any atom is 0.277 e. The van der Waals surface area contributed by atoms with Crippen molar-refractivity contribution in [2.75, 3.05) is 6.61 Å². The molecule has 0 aromatic heterocycles. The Morgan fingerprint density at radius 3 is 2.53 bits per heavy atom. The van der Waals surface area contributed by atoms with Gasteiger partial charge in [0.2, 0.25) is 0 Å². The molecule has 0 radical (unpaired) electrons. The van der Waals surface area contributed by atoms with Crippen molar-refractivity contribution in [3.05, 3.63) is 83.4 Å². The van der Waals surface area contributed by atoms with Gasteiger partial charge in [0.05, 0.1) is 17.6 Å². The van der Waals surface area contributed by atoms with Crippen molar-refractivity contribution in [2.24, 2.45) is 15.3 Å². The predicted molar refractivity (Wildman–Crippen MR) is 116 cm³/mol. The summed E-state index contributed by atoms with van der Waals surface area (Å²) < 4.78 is 5.51. The first kappa shape index (κ1) is 20.7. The maximum atomic E-state index is 12.0. The summed E-state index contributed by atoms with van der Waals surface area (Å²) in [6, 6.07) is 19.8. The Hall–Kier alpha value is -4.00. The smallest absolute Gasteiger partial charge is 0.277 e. The largest absolute Gasteiger partial charge is 0.507 e. The number of carbonyl (C=O) groups excluding carboxylic acids is 1. The third-order valence-corrected chi connectivity index (χ3v) is 4.13. The lowest BCUT2D eigenvalue weighted by atomic mass is 10.1. The molecule has 0 unspecified atom stereocenters. The van der Waals surface area contributed by atoms with Crippen molar-refractivity contribution in [2.45, 2.75) is 13.8 Å². The Balaban J connectivity index is 1.57. The van der Waals surface area contributed by atoms with Crippen LogP contribution in [0.1, 0.15) is 16.7 Å². The Bertz CT molecular complexity index is 1080. The monoisotopic (exact) mass is 402 g/mol. The summed E-state index contributed by atoms with van der Waals surface area (Å²) in [6.07, 6.45) is 1.34. The molecule has 3 rings (SSSR count). The van der Waals surface area contributed by atoms with Gasteiger partial charge in [-0.05, 0) is 55.8 Å². The highest BCUT2D eigenvalue weighted by Crippen LogP contribution is 2.24. The molecule has 0 saturated heterocycles. The molecule has 0 fully saturated rings. The Morgan fingerprint density at radius 2 is 1.77 bits per heavy atom. The van der Waals surface area contributed by atoms with E-state index in [-0.39, 0.29) is 12.4 Å². The quantitative estimate of drug-likeness (QED) is 0.332. The van der Waals surface area contributed by atoms with Gasteiger partial charge in [-0.15, -0.1) is 0 Å². The van der Waals surface area contributed by atoms with Gasteiger partial charge in [-0.3, -0.25) is 4.79 Å². The average Bonchev–Trinajstić information content (AvgIpc) is 2.74. The first-order valence-electron chi connectivity index (χ1n) is 9.33. The van der Waals surface area contributed by atoms with Crippen molar-refractivity contribution in [1.82, 2.24) is 5.43 Å². The molecule has 0 aliphatic carbocycles. The van der Waals surface area contributed by atoms with Crippen LogP contribution < -0.4 is 10.2 Å². The molecule has 0 saturated carbocycles. The van der Waals surface area contributed by atoms with Gasteiger partial charge in [-0.25, -0.2) is 5.43 Å². The Morgan fingerprint density at radius 1 is 1.00 bits per heavy atom. The third-order valence-electron chi connectivity index (χ3n) is 4.13. The third kappa shape index (κ3) is 6.00. The zero-order valence-corrected chi connectivity index (χ0v) is 16.7. The Kier molecular flexibility index (Phi) is 6.89. The van der Waals surface area contributed by atoms with Gasteiger partial charge in [-0.1, -0.05) is 35.9 Å². The fourth-order valence-electron chi connectivity index (χ4n) is 2.63. The van der Waals surface area contributed by atoms with Gasteiger partial charge in [0.15, 0.2) is 6.61 Å². The standard InChI is InChI=1S/C23H22N4O3/c1-16-8-11-22(17(2)12-16)30-15-23(29)27-24-14-18-13-20(9-10-21(18)28)26-25-19-6-4-3-5-7-19/h3-14,28H,15H2,1-2H3,(H,27,29). The second-order valence-electron chi connectivity index (χ2n) is 6.63. The number of azo groups is 1. The second-order valence-corrected chi connectivity index (χ2v) is 6.63. The molecule has 3 aromatic carbocycles. The van der Waals surface area contributed by atoms with Crippen LogP contribution in [-0.2, 0) is 4.79 Å². The van der Waals surface area contributed by atoms with Crippen LogP contribution in [0.2, 0.25) is 0 Å². The molecule has 3 aromatic rings. The topological polar surface area (TPSA) is 95.6 Å². The minimum absolute atomic E-state index is 0.0122. The molecule has 0 spiro atoms. The summed E-state index contributed by atoms with van der Waals surface area (Å²) in [5.41, 5.74) is 6.12. The van der Waals surface area contributed by atoms with Gasteiger partial charge in [0, 0.05) is 5.56 Å². The van der Waals surface area contributed by atoms with Crippen LogP contribution in [0.5, 0.6) is 11.5 Å². The molecule has 1 amide bonds.